The van der Waals surface area contributed by atoms with E-state index in [0.717, 1.165) is 19.7 Å². The smallest absolute Gasteiger partial charge is 0.0714 e. The van der Waals surface area contributed by atoms with Gasteiger partial charge in [0.25, 0.3) is 0 Å². The molecule has 1 heterocycles. The molecular weight excluding hydrogens is 164 g/mol. The second kappa shape index (κ2) is 5.58. The van der Waals surface area contributed by atoms with E-state index in [1.54, 1.807) is 0 Å². The first kappa shape index (κ1) is 11.0. The first-order valence-electron chi connectivity index (χ1n) is 5.27. The van der Waals surface area contributed by atoms with Gasteiger partial charge >= 0.3 is 0 Å². The van der Waals surface area contributed by atoms with Gasteiger partial charge in [0, 0.05) is 32.3 Å². The summed E-state index contributed by atoms with van der Waals surface area (Å²) in [6.45, 7) is 8.57. The average molecular weight is 186 g/mol. The second-order valence-electron chi connectivity index (χ2n) is 3.82. The van der Waals surface area contributed by atoms with Crippen molar-refractivity contribution in [2.24, 2.45) is 0 Å². The molecule has 3 heteroatoms. The van der Waals surface area contributed by atoms with Crippen molar-refractivity contribution in [2.75, 3.05) is 33.3 Å². The van der Waals surface area contributed by atoms with Gasteiger partial charge in [-0.2, -0.15) is 0 Å². The lowest BCUT2D eigenvalue weighted by Gasteiger charge is -2.20. The van der Waals surface area contributed by atoms with Crippen LogP contribution in [-0.4, -0.2) is 50.3 Å². The molecule has 0 aromatic carbocycles. The van der Waals surface area contributed by atoms with Crippen LogP contribution in [0.25, 0.3) is 0 Å². The molecule has 2 atom stereocenters. The molecule has 1 N–H and O–H groups in total. The molecule has 0 radical (unpaired) electrons. The average Bonchev–Trinajstić information content (AvgIpc) is 2.53. The van der Waals surface area contributed by atoms with Crippen molar-refractivity contribution in [3.05, 3.63) is 0 Å². The molecule has 0 saturated carbocycles. The number of hydrogen-bond donors (Lipinski definition) is 1. The summed E-state index contributed by atoms with van der Waals surface area (Å²) >= 11 is 0. The summed E-state index contributed by atoms with van der Waals surface area (Å²) < 4.78 is 5.59. The van der Waals surface area contributed by atoms with Gasteiger partial charge in [-0.3, -0.25) is 4.90 Å². The fourth-order valence-corrected chi connectivity index (χ4v) is 1.81. The van der Waals surface area contributed by atoms with Gasteiger partial charge in [0.1, 0.15) is 0 Å². The lowest BCUT2D eigenvalue weighted by molar-refractivity contribution is 0.0683. The van der Waals surface area contributed by atoms with Crippen molar-refractivity contribution in [1.82, 2.24) is 10.2 Å². The summed E-state index contributed by atoms with van der Waals surface area (Å²) in [4.78, 5) is 2.47. The van der Waals surface area contributed by atoms with Crippen LogP contribution in [0.4, 0.5) is 0 Å². The summed E-state index contributed by atoms with van der Waals surface area (Å²) in [6, 6.07) is 0.584. The van der Waals surface area contributed by atoms with Gasteiger partial charge < -0.3 is 10.1 Å². The third-order valence-corrected chi connectivity index (χ3v) is 2.66. The number of hydrogen-bond acceptors (Lipinski definition) is 3. The molecule has 2 unspecified atom stereocenters. The highest BCUT2D eigenvalue weighted by Gasteiger charge is 2.22. The molecule has 13 heavy (non-hydrogen) atoms. The zero-order valence-electron chi connectivity index (χ0n) is 9.05. The van der Waals surface area contributed by atoms with Crippen molar-refractivity contribution < 1.29 is 4.74 Å². The molecule has 1 rings (SSSR count). The van der Waals surface area contributed by atoms with Crippen molar-refractivity contribution in [3.8, 4) is 0 Å². The highest BCUT2D eigenvalue weighted by Crippen LogP contribution is 2.12. The van der Waals surface area contributed by atoms with Gasteiger partial charge in [-0.15, -0.1) is 0 Å². The Morgan fingerprint density at radius 3 is 3.00 bits per heavy atom. The predicted molar refractivity (Wildman–Crippen MR) is 55.0 cm³/mol. The van der Waals surface area contributed by atoms with Crippen LogP contribution in [0.3, 0.4) is 0 Å². The monoisotopic (exact) mass is 186 g/mol. The number of ether oxygens (including phenoxy) is 1. The molecule has 0 bridgehead atoms. The van der Waals surface area contributed by atoms with E-state index in [4.69, 9.17) is 4.74 Å². The largest absolute Gasteiger partial charge is 0.377 e. The van der Waals surface area contributed by atoms with Crippen LogP contribution in [0.15, 0.2) is 0 Å². The van der Waals surface area contributed by atoms with E-state index in [-0.39, 0.29) is 0 Å². The normalized spacial score (nSPS) is 26.5. The molecule has 0 aliphatic carbocycles. The van der Waals surface area contributed by atoms with Crippen LogP contribution >= 0.6 is 0 Å². The van der Waals surface area contributed by atoms with Gasteiger partial charge in [0.05, 0.1) is 6.10 Å². The Morgan fingerprint density at radius 2 is 2.38 bits per heavy atom. The van der Waals surface area contributed by atoms with Crippen molar-refractivity contribution >= 4 is 0 Å². The first-order valence-corrected chi connectivity index (χ1v) is 5.27. The molecule has 78 valence electrons. The zero-order chi connectivity index (χ0) is 9.68. The lowest BCUT2D eigenvalue weighted by atomic mass is 10.3. The lowest BCUT2D eigenvalue weighted by Crippen LogP contribution is -2.36. The molecule has 0 aromatic heterocycles. The Balaban J connectivity index is 2.17. The van der Waals surface area contributed by atoms with E-state index < -0.39 is 0 Å². The summed E-state index contributed by atoms with van der Waals surface area (Å²) in [5.74, 6) is 0. The maximum atomic E-state index is 5.59. The summed E-state index contributed by atoms with van der Waals surface area (Å²) in [5, 5.41) is 3.26. The fourth-order valence-electron chi connectivity index (χ4n) is 1.81. The molecule has 1 saturated heterocycles. The van der Waals surface area contributed by atoms with E-state index >= 15 is 0 Å². The number of nitrogens with zero attached hydrogens (tertiary/aromatic N) is 1. The Morgan fingerprint density at radius 1 is 1.62 bits per heavy atom. The maximum Gasteiger partial charge on any atom is 0.0714 e. The standard InChI is InChI=1S/C10H22N2O/c1-4-13-10-5-6-12(8-10)7-9(2)11-3/h9-11H,4-8H2,1-3H3. The predicted octanol–water partition coefficient (Wildman–Crippen LogP) is 0.705. The van der Waals surface area contributed by atoms with Gasteiger partial charge in [0.2, 0.25) is 0 Å². The van der Waals surface area contributed by atoms with Crippen LogP contribution in [0, 0.1) is 0 Å². The molecule has 1 aliphatic rings. The minimum absolute atomic E-state index is 0.481. The van der Waals surface area contributed by atoms with Gasteiger partial charge in [-0.25, -0.2) is 0 Å². The zero-order valence-corrected chi connectivity index (χ0v) is 9.05. The molecule has 1 aliphatic heterocycles. The molecule has 1 fully saturated rings. The van der Waals surface area contributed by atoms with E-state index in [1.807, 2.05) is 7.05 Å². The Hall–Kier alpha value is -0.120. The first-order chi connectivity index (χ1) is 6.26. The molecule has 3 nitrogen and oxygen atoms in total. The highest BCUT2D eigenvalue weighted by atomic mass is 16.5. The number of likely N-dealkylation sites (N-methyl/N-ethyl adjacent to an activating group) is 1. The van der Waals surface area contributed by atoms with E-state index in [0.29, 0.717) is 12.1 Å². The number of rotatable bonds is 5. The molecule has 0 aromatic rings. The van der Waals surface area contributed by atoms with E-state index in [1.165, 1.54) is 13.0 Å². The van der Waals surface area contributed by atoms with E-state index in [9.17, 15) is 0 Å². The van der Waals surface area contributed by atoms with Gasteiger partial charge in [-0.1, -0.05) is 0 Å². The van der Waals surface area contributed by atoms with Crippen LogP contribution in [0.1, 0.15) is 20.3 Å². The maximum absolute atomic E-state index is 5.59. The minimum atomic E-state index is 0.481. The Labute approximate surface area is 81.4 Å². The van der Waals surface area contributed by atoms with Crippen LogP contribution < -0.4 is 5.32 Å². The second-order valence-corrected chi connectivity index (χ2v) is 3.82. The minimum Gasteiger partial charge on any atom is -0.377 e. The van der Waals surface area contributed by atoms with Gasteiger partial charge in [0.15, 0.2) is 0 Å². The Bertz CT molecular complexity index is 141. The third-order valence-electron chi connectivity index (χ3n) is 2.66. The topological polar surface area (TPSA) is 24.5 Å². The SMILES string of the molecule is CCOC1CCN(CC(C)NC)C1. The van der Waals surface area contributed by atoms with Crippen LogP contribution in [-0.2, 0) is 4.74 Å². The number of likely N-dealkylation sites (tertiary alicyclic amines) is 1. The summed E-state index contributed by atoms with van der Waals surface area (Å²) in [7, 11) is 2.01. The van der Waals surface area contributed by atoms with Gasteiger partial charge in [-0.05, 0) is 27.3 Å². The van der Waals surface area contributed by atoms with E-state index in [2.05, 4.69) is 24.1 Å². The van der Waals surface area contributed by atoms with Crippen LogP contribution in [0.5, 0.6) is 0 Å². The fraction of sp³-hybridized carbons (Fsp3) is 1.00. The summed E-state index contributed by atoms with van der Waals surface area (Å²) in [6.07, 6.45) is 1.68. The quantitative estimate of drug-likeness (QED) is 0.684. The number of nitrogens with one attached hydrogen (secondary N) is 1. The highest BCUT2D eigenvalue weighted by molar-refractivity contribution is 4.78. The molecule has 0 amide bonds. The molecular formula is C10H22N2O. The van der Waals surface area contributed by atoms with Crippen molar-refractivity contribution in [1.29, 1.82) is 0 Å². The molecule has 0 spiro atoms. The van der Waals surface area contributed by atoms with Crippen molar-refractivity contribution in [3.63, 3.8) is 0 Å². The van der Waals surface area contributed by atoms with Crippen molar-refractivity contribution in [2.45, 2.75) is 32.4 Å². The Kier molecular flexibility index (Phi) is 4.70. The summed E-state index contributed by atoms with van der Waals surface area (Å²) in [5.41, 5.74) is 0. The third kappa shape index (κ3) is 3.63. The van der Waals surface area contributed by atoms with Crippen LogP contribution in [0.2, 0.25) is 0 Å².